The molecule has 3 nitrogen and oxygen atoms in total. The van der Waals surface area contributed by atoms with Gasteiger partial charge in [-0.15, -0.1) is 0 Å². The minimum absolute atomic E-state index is 0.771. The zero-order valence-electron chi connectivity index (χ0n) is 9.04. The molecule has 0 atom stereocenters. The highest BCUT2D eigenvalue weighted by Crippen LogP contribution is 1.97. The van der Waals surface area contributed by atoms with Gasteiger partial charge in [-0.3, -0.25) is 0 Å². The quantitative estimate of drug-likeness (QED) is 0.426. The molecule has 0 amide bonds. The van der Waals surface area contributed by atoms with E-state index in [1.54, 1.807) is 7.11 Å². The van der Waals surface area contributed by atoms with E-state index < -0.39 is 9.53 Å². The molecule has 4 heteroatoms. The molecule has 0 spiro atoms. The Morgan fingerprint density at radius 1 is 0.923 bits per heavy atom. The van der Waals surface area contributed by atoms with Crippen molar-refractivity contribution in [2.24, 2.45) is 0 Å². The van der Waals surface area contributed by atoms with Crippen LogP contribution in [0.2, 0.25) is 0 Å². The summed E-state index contributed by atoms with van der Waals surface area (Å²) in [6, 6.07) is 0. The van der Waals surface area contributed by atoms with Crippen LogP contribution < -0.4 is 0 Å². The van der Waals surface area contributed by atoms with Crippen LogP contribution in [-0.2, 0) is 13.3 Å². The normalized spacial score (nSPS) is 11.1. The molecule has 80 valence electrons. The molecule has 0 aromatic heterocycles. The number of rotatable bonds is 9. The van der Waals surface area contributed by atoms with Crippen molar-refractivity contribution < 1.29 is 13.3 Å². The fourth-order valence-corrected chi connectivity index (χ4v) is 1.92. The smallest absolute Gasteiger partial charge is 0.379 e. The summed E-state index contributed by atoms with van der Waals surface area (Å²) < 4.78 is 16.1. The van der Waals surface area contributed by atoms with Gasteiger partial charge in [0.2, 0.25) is 0 Å². The van der Waals surface area contributed by atoms with Gasteiger partial charge in [0, 0.05) is 20.3 Å². The Hall–Kier alpha value is 0.0969. The van der Waals surface area contributed by atoms with E-state index >= 15 is 0 Å². The lowest BCUT2D eigenvalue weighted by atomic mass is 10.4. The number of unbranched alkanes of at least 4 members (excludes halogenated alkanes) is 2. The van der Waals surface area contributed by atoms with Crippen LogP contribution >= 0.6 is 0 Å². The van der Waals surface area contributed by atoms with E-state index in [-0.39, 0.29) is 0 Å². The lowest BCUT2D eigenvalue weighted by Gasteiger charge is -2.13. The van der Waals surface area contributed by atoms with E-state index in [1.807, 2.05) is 0 Å². The van der Waals surface area contributed by atoms with Crippen molar-refractivity contribution in [3.63, 3.8) is 0 Å². The van der Waals surface area contributed by atoms with E-state index in [4.69, 9.17) is 13.3 Å². The van der Waals surface area contributed by atoms with Crippen molar-refractivity contribution in [3.8, 4) is 0 Å². The molecule has 0 aromatic rings. The van der Waals surface area contributed by atoms with Crippen LogP contribution in [0.25, 0.3) is 0 Å². The van der Waals surface area contributed by atoms with Gasteiger partial charge < -0.3 is 13.3 Å². The van der Waals surface area contributed by atoms with E-state index in [9.17, 15) is 0 Å². The van der Waals surface area contributed by atoms with Crippen LogP contribution in [0.3, 0.4) is 0 Å². The molecular formula is C9H22O3Si. The first-order chi connectivity index (χ1) is 6.35. The summed E-state index contributed by atoms with van der Waals surface area (Å²) in [5.41, 5.74) is 0. The minimum atomic E-state index is -1.78. The Balaban J connectivity index is 3.28. The predicted octanol–water partition coefficient (Wildman–Crippen LogP) is 1.98. The second-order valence-corrected chi connectivity index (χ2v) is 4.69. The van der Waals surface area contributed by atoms with Gasteiger partial charge in [0.1, 0.15) is 0 Å². The molecule has 0 saturated carbocycles. The second kappa shape index (κ2) is 10.2. The fraction of sp³-hybridized carbons (Fsp3) is 1.00. The van der Waals surface area contributed by atoms with Crippen LogP contribution in [0.5, 0.6) is 0 Å². The van der Waals surface area contributed by atoms with Crippen LogP contribution in [0.1, 0.15) is 39.5 Å². The number of hydrogen-bond acceptors (Lipinski definition) is 3. The highest BCUT2D eigenvalue weighted by molar-refractivity contribution is 6.36. The van der Waals surface area contributed by atoms with Gasteiger partial charge in [-0.25, -0.2) is 0 Å². The Morgan fingerprint density at radius 2 is 1.38 bits per heavy atom. The Bertz CT molecular complexity index is 90.9. The first kappa shape index (κ1) is 13.1. The average Bonchev–Trinajstić information content (AvgIpc) is 2.16. The standard InChI is InChI=1S/C9H22O3Si/c1-4-6-8-11-13(10-3)12-9-7-5-2/h13H,4-9H2,1-3H3. The molecule has 0 saturated heterocycles. The SMILES string of the molecule is CCCCO[SiH](OC)OCCCC. The third-order valence-corrected chi connectivity index (χ3v) is 3.10. The molecule has 0 bridgehead atoms. The van der Waals surface area contributed by atoms with Crippen LogP contribution in [0, 0.1) is 0 Å². The van der Waals surface area contributed by atoms with E-state index in [1.165, 1.54) is 0 Å². The molecule has 0 aliphatic heterocycles. The molecule has 0 radical (unpaired) electrons. The summed E-state index contributed by atoms with van der Waals surface area (Å²) in [7, 11) is -0.115. The van der Waals surface area contributed by atoms with Gasteiger partial charge in [0.05, 0.1) is 0 Å². The Morgan fingerprint density at radius 3 is 1.69 bits per heavy atom. The molecule has 0 rings (SSSR count). The van der Waals surface area contributed by atoms with Crippen LogP contribution in [0.15, 0.2) is 0 Å². The summed E-state index contributed by atoms with van der Waals surface area (Å²) in [4.78, 5) is 0. The lowest BCUT2D eigenvalue weighted by Crippen LogP contribution is -2.26. The van der Waals surface area contributed by atoms with Gasteiger partial charge in [-0.2, -0.15) is 0 Å². The van der Waals surface area contributed by atoms with Gasteiger partial charge in [-0.1, -0.05) is 26.7 Å². The zero-order valence-corrected chi connectivity index (χ0v) is 10.2. The molecule has 13 heavy (non-hydrogen) atoms. The third-order valence-electron chi connectivity index (χ3n) is 1.70. The van der Waals surface area contributed by atoms with E-state index in [0.29, 0.717) is 0 Å². The van der Waals surface area contributed by atoms with Gasteiger partial charge in [-0.05, 0) is 12.8 Å². The van der Waals surface area contributed by atoms with Crippen LogP contribution in [0.4, 0.5) is 0 Å². The largest absolute Gasteiger partial charge is 0.483 e. The topological polar surface area (TPSA) is 27.7 Å². The first-order valence-electron chi connectivity index (χ1n) is 5.11. The Labute approximate surface area is 83.3 Å². The van der Waals surface area contributed by atoms with E-state index in [0.717, 1.165) is 38.9 Å². The lowest BCUT2D eigenvalue weighted by molar-refractivity contribution is 0.110. The third kappa shape index (κ3) is 8.43. The maximum Gasteiger partial charge on any atom is 0.483 e. The summed E-state index contributed by atoms with van der Waals surface area (Å²) >= 11 is 0. The van der Waals surface area contributed by atoms with Crippen LogP contribution in [-0.4, -0.2) is 29.9 Å². The van der Waals surface area contributed by atoms with E-state index in [2.05, 4.69) is 13.8 Å². The Kier molecular flexibility index (Phi) is 10.3. The molecule has 0 aliphatic rings. The molecule has 0 aromatic carbocycles. The monoisotopic (exact) mass is 206 g/mol. The number of hydrogen-bond donors (Lipinski definition) is 0. The predicted molar refractivity (Wildman–Crippen MR) is 55.9 cm³/mol. The molecule has 0 N–H and O–H groups in total. The summed E-state index contributed by atoms with van der Waals surface area (Å²) in [6.07, 6.45) is 4.48. The highest BCUT2D eigenvalue weighted by atomic mass is 28.3. The van der Waals surface area contributed by atoms with Crippen molar-refractivity contribution >= 4 is 9.53 Å². The van der Waals surface area contributed by atoms with Crippen molar-refractivity contribution in [1.29, 1.82) is 0 Å². The molecule has 0 aliphatic carbocycles. The molecule has 0 unspecified atom stereocenters. The van der Waals surface area contributed by atoms with Gasteiger partial charge in [0.25, 0.3) is 0 Å². The van der Waals surface area contributed by atoms with Gasteiger partial charge in [0.15, 0.2) is 0 Å². The van der Waals surface area contributed by atoms with Gasteiger partial charge >= 0.3 is 9.53 Å². The summed E-state index contributed by atoms with van der Waals surface area (Å²) in [5, 5.41) is 0. The molecule has 0 fully saturated rings. The minimum Gasteiger partial charge on any atom is -0.379 e. The van der Waals surface area contributed by atoms with Crippen molar-refractivity contribution in [2.45, 2.75) is 39.5 Å². The van der Waals surface area contributed by atoms with Crippen molar-refractivity contribution in [2.75, 3.05) is 20.3 Å². The first-order valence-corrected chi connectivity index (χ1v) is 6.52. The average molecular weight is 206 g/mol. The van der Waals surface area contributed by atoms with Crippen molar-refractivity contribution in [3.05, 3.63) is 0 Å². The fourth-order valence-electron chi connectivity index (χ4n) is 0.832. The summed E-state index contributed by atoms with van der Waals surface area (Å²) in [6.45, 7) is 5.83. The highest BCUT2D eigenvalue weighted by Gasteiger charge is 2.11. The molecular weight excluding hydrogens is 184 g/mol. The summed E-state index contributed by atoms with van der Waals surface area (Å²) in [5.74, 6) is 0. The van der Waals surface area contributed by atoms with Crippen molar-refractivity contribution in [1.82, 2.24) is 0 Å². The maximum absolute atomic E-state index is 5.47. The maximum atomic E-state index is 5.47. The molecule has 0 heterocycles. The zero-order chi connectivity index (χ0) is 9.94. The second-order valence-electron chi connectivity index (χ2n) is 2.97.